The molecule has 2 heterocycles. The molecule has 37 heavy (non-hydrogen) atoms. The molecule has 0 atom stereocenters. The maximum absolute atomic E-state index is 13.0. The molecule has 1 aromatic carbocycles. The molecule has 2 amide bonds. The number of benzene rings is 1. The van der Waals surface area contributed by atoms with Crippen LogP contribution in [0.1, 0.15) is 55.0 Å². The Morgan fingerprint density at radius 1 is 1.05 bits per heavy atom. The van der Waals surface area contributed by atoms with Crippen LogP contribution >= 0.6 is 11.3 Å². The molecule has 1 aliphatic rings. The first-order chi connectivity index (χ1) is 18.0. The smallest absolute Gasteiger partial charge is 0.262 e. The number of aromatic nitrogens is 2. The number of hydrogen-bond donors (Lipinski definition) is 2. The second-order valence-corrected chi connectivity index (χ2v) is 10.7. The van der Waals surface area contributed by atoms with Gasteiger partial charge in [0, 0.05) is 37.5 Å². The van der Waals surface area contributed by atoms with Gasteiger partial charge in [-0.25, -0.2) is 4.98 Å². The van der Waals surface area contributed by atoms with E-state index >= 15 is 0 Å². The molecule has 0 unspecified atom stereocenters. The molecule has 8 nitrogen and oxygen atoms in total. The van der Waals surface area contributed by atoms with Crippen LogP contribution in [-0.4, -0.2) is 52.4 Å². The van der Waals surface area contributed by atoms with Gasteiger partial charge in [0.25, 0.3) is 5.56 Å². The van der Waals surface area contributed by atoms with Gasteiger partial charge >= 0.3 is 0 Å². The predicted octanol–water partition coefficient (Wildman–Crippen LogP) is 3.26. The Kier molecular flexibility index (Phi) is 9.85. The molecule has 2 aromatic heterocycles. The number of amides is 2. The molecule has 0 fully saturated rings. The highest BCUT2D eigenvalue weighted by molar-refractivity contribution is 7.18. The molecule has 3 aromatic rings. The highest BCUT2D eigenvalue weighted by Crippen LogP contribution is 2.33. The average molecular weight is 524 g/mol. The maximum Gasteiger partial charge on any atom is 0.262 e. The summed E-state index contributed by atoms with van der Waals surface area (Å²) in [7, 11) is 0. The van der Waals surface area contributed by atoms with Crippen molar-refractivity contribution in [1.82, 2.24) is 25.1 Å². The molecule has 4 rings (SSSR count). The lowest BCUT2D eigenvalue weighted by molar-refractivity contribution is -0.123. The number of carbonyl (C=O) groups is 2. The number of nitrogens with one attached hydrogen (secondary N) is 2. The fourth-order valence-corrected chi connectivity index (χ4v) is 6.01. The fraction of sp³-hybridized carbons (Fsp3) is 0.500. The summed E-state index contributed by atoms with van der Waals surface area (Å²) in [6.45, 7) is 5.93. The molecule has 0 aliphatic heterocycles. The first-order valence-electron chi connectivity index (χ1n) is 13.3. The molecule has 9 heteroatoms. The summed E-state index contributed by atoms with van der Waals surface area (Å²) in [5, 5.41) is 6.48. The van der Waals surface area contributed by atoms with Crippen LogP contribution in [0.4, 0.5) is 0 Å². The zero-order valence-corrected chi connectivity index (χ0v) is 22.4. The zero-order valence-electron chi connectivity index (χ0n) is 21.6. The minimum atomic E-state index is -0.245. The Bertz CT molecular complexity index is 1250. The Labute approximate surface area is 222 Å². The molecular formula is C28H37N5O3S. The van der Waals surface area contributed by atoms with Crippen molar-refractivity contribution in [1.29, 1.82) is 0 Å². The van der Waals surface area contributed by atoms with E-state index in [2.05, 4.69) is 51.7 Å². The molecule has 0 saturated heterocycles. The molecule has 0 saturated carbocycles. The lowest BCUT2D eigenvalue weighted by atomic mass is 9.97. The molecule has 0 bridgehead atoms. The van der Waals surface area contributed by atoms with Gasteiger partial charge in [0.1, 0.15) is 11.4 Å². The van der Waals surface area contributed by atoms with Gasteiger partial charge in [-0.15, -0.1) is 11.3 Å². The average Bonchev–Trinajstić information content (AvgIpc) is 3.30. The van der Waals surface area contributed by atoms with Gasteiger partial charge in [0.2, 0.25) is 11.8 Å². The fourth-order valence-electron chi connectivity index (χ4n) is 4.79. The summed E-state index contributed by atoms with van der Waals surface area (Å²) in [5.74, 6) is -0.251. The van der Waals surface area contributed by atoms with E-state index in [4.69, 9.17) is 0 Å². The van der Waals surface area contributed by atoms with Gasteiger partial charge in [-0.2, -0.15) is 0 Å². The van der Waals surface area contributed by atoms with Gasteiger partial charge in [-0.05, 0) is 56.2 Å². The van der Waals surface area contributed by atoms with E-state index in [-0.39, 0.29) is 23.9 Å². The van der Waals surface area contributed by atoms with Crippen LogP contribution in [0.15, 0.2) is 41.5 Å². The van der Waals surface area contributed by atoms with Crippen molar-refractivity contribution in [3.63, 3.8) is 0 Å². The standard InChI is InChI=1S/C28H37N5O3S/c1-2-32(18-21-10-4-3-5-11-21)17-9-16-29-24(34)14-8-15-30-25(35)19-33-20-31-27-26(28(33)36)22-12-6-7-13-23(22)37-27/h3-5,10-11,20H,2,6-9,12-19H2,1H3,(H,29,34)(H,30,35). The Balaban J connectivity index is 1.12. The van der Waals surface area contributed by atoms with E-state index < -0.39 is 0 Å². The topological polar surface area (TPSA) is 96.3 Å². The summed E-state index contributed by atoms with van der Waals surface area (Å²) in [4.78, 5) is 46.4. The van der Waals surface area contributed by atoms with E-state index in [9.17, 15) is 14.4 Å². The van der Waals surface area contributed by atoms with E-state index in [1.54, 1.807) is 11.3 Å². The molecule has 0 radical (unpaired) electrons. The second kappa shape index (κ2) is 13.5. The number of nitrogens with zero attached hydrogens (tertiary/aromatic N) is 3. The van der Waals surface area contributed by atoms with E-state index in [0.29, 0.717) is 31.3 Å². The lowest BCUT2D eigenvalue weighted by Crippen LogP contribution is -2.34. The van der Waals surface area contributed by atoms with Gasteiger partial charge in [-0.3, -0.25) is 23.9 Å². The molecule has 2 N–H and O–H groups in total. The van der Waals surface area contributed by atoms with Crippen LogP contribution in [0.5, 0.6) is 0 Å². The van der Waals surface area contributed by atoms with E-state index in [1.165, 1.54) is 21.3 Å². The number of aryl methyl sites for hydroxylation is 2. The highest BCUT2D eigenvalue weighted by Gasteiger charge is 2.20. The Morgan fingerprint density at radius 3 is 2.62 bits per heavy atom. The lowest BCUT2D eigenvalue weighted by Gasteiger charge is -2.20. The highest BCUT2D eigenvalue weighted by atomic mass is 32.1. The third kappa shape index (κ3) is 7.49. The monoisotopic (exact) mass is 523 g/mol. The number of carbonyl (C=O) groups excluding carboxylic acids is 2. The van der Waals surface area contributed by atoms with Crippen LogP contribution in [0.25, 0.3) is 10.2 Å². The predicted molar refractivity (Wildman–Crippen MR) is 148 cm³/mol. The van der Waals surface area contributed by atoms with Gasteiger partial charge < -0.3 is 10.6 Å². The van der Waals surface area contributed by atoms with Crippen LogP contribution in [-0.2, 0) is 35.5 Å². The van der Waals surface area contributed by atoms with Crippen molar-refractivity contribution in [2.45, 2.75) is 65.0 Å². The van der Waals surface area contributed by atoms with Crippen molar-refractivity contribution in [2.24, 2.45) is 0 Å². The van der Waals surface area contributed by atoms with Crippen LogP contribution in [0.2, 0.25) is 0 Å². The van der Waals surface area contributed by atoms with Crippen molar-refractivity contribution in [3.05, 3.63) is 63.0 Å². The first kappa shape index (κ1) is 27.0. The maximum atomic E-state index is 13.0. The van der Waals surface area contributed by atoms with Crippen molar-refractivity contribution >= 4 is 33.4 Å². The summed E-state index contributed by atoms with van der Waals surface area (Å²) >= 11 is 1.61. The second-order valence-electron chi connectivity index (χ2n) is 9.58. The molecule has 1 aliphatic carbocycles. The van der Waals surface area contributed by atoms with E-state index in [0.717, 1.165) is 62.1 Å². The van der Waals surface area contributed by atoms with Gasteiger partial charge in [0.05, 0.1) is 11.7 Å². The third-order valence-electron chi connectivity index (χ3n) is 6.83. The van der Waals surface area contributed by atoms with Gasteiger partial charge in [0.15, 0.2) is 0 Å². The summed E-state index contributed by atoms with van der Waals surface area (Å²) in [6, 6.07) is 10.4. The van der Waals surface area contributed by atoms with Crippen LogP contribution < -0.4 is 16.2 Å². The first-order valence-corrected chi connectivity index (χ1v) is 14.2. The van der Waals surface area contributed by atoms with E-state index in [1.807, 2.05) is 6.07 Å². The minimum Gasteiger partial charge on any atom is -0.356 e. The summed E-state index contributed by atoms with van der Waals surface area (Å²) in [6.07, 6.45) is 7.44. The quantitative estimate of drug-likeness (QED) is 0.335. The summed E-state index contributed by atoms with van der Waals surface area (Å²) < 4.78 is 1.39. The Hall–Kier alpha value is -3.04. The van der Waals surface area contributed by atoms with Crippen molar-refractivity contribution in [3.8, 4) is 0 Å². The molecule has 0 spiro atoms. The van der Waals surface area contributed by atoms with Crippen molar-refractivity contribution in [2.75, 3.05) is 26.2 Å². The van der Waals surface area contributed by atoms with Crippen LogP contribution in [0.3, 0.4) is 0 Å². The van der Waals surface area contributed by atoms with Gasteiger partial charge in [-0.1, -0.05) is 37.3 Å². The number of hydrogen-bond acceptors (Lipinski definition) is 6. The normalized spacial score (nSPS) is 13.0. The number of fused-ring (bicyclic) bond motifs is 3. The van der Waals surface area contributed by atoms with Crippen molar-refractivity contribution < 1.29 is 9.59 Å². The zero-order chi connectivity index (χ0) is 26.0. The molecular weight excluding hydrogens is 486 g/mol. The Morgan fingerprint density at radius 2 is 1.81 bits per heavy atom. The number of rotatable bonds is 13. The SMILES string of the molecule is CCN(CCCNC(=O)CCCNC(=O)Cn1cnc2sc3c(c2c1=O)CCCC3)Cc1ccccc1. The number of thiophene rings is 1. The third-order valence-corrected chi connectivity index (χ3v) is 8.03. The minimum absolute atomic E-state index is 0.00606. The molecule has 198 valence electrons. The largest absolute Gasteiger partial charge is 0.356 e. The van der Waals surface area contributed by atoms with Crippen LogP contribution in [0, 0.1) is 0 Å². The summed E-state index contributed by atoms with van der Waals surface area (Å²) in [5.41, 5.74) is 2.29.